The average Bonchev–Trinajstić information content (AvgIpc) is 3.08. The van der Waals surface area contributed by atoms with Crippen LogP contribution < -0.4 is 11.1 Å². The number of halogens is 3. The number of nitrogens with one attached hydrogen (secondary N) is 1. The number of carbonyl (C=O) groups excluding carboxylic acids is 2. The first kappa shape index (κ1) is 19.7. The number of nitrogens with zero attached hydrogens (tertiary/aromatic N) is 2. The highest BCUT2D eigenvalue weighted by molar-refractivity contribution is 5.81. The number of likely N-dealkylation sites (tertiary alicyclic amines) is 1. The quantitative estimate of drug-likeness (QED) is 0.732. The highest BCUT2D eigenvalue weighted by Crippen LogP contribution is 2.20. The van der Waals surface area contributed by atoms with E-state index >= 15 is 0 Å². The summed E-state index contributed by atoms with van der Waals surface area (Å²) in [5, 5.41) is 11.6. The van der Waals surface area contributed by atoms with Crippen molar-refractivity contribution in [2.45, 2.75) is 37.8 Å². The van der Waals surface area contributed by atoms with Crippen LogP contribution in [0, 0.1) is 28.8 Å². The zero-order valence-electron chi connectivity index (χ0n) is 14.0. The summed E-state index contributed by atoms with van der Waals surface area (Å²) in [4.78, 5) is 25.5. The zero-order chi connectivity index (χ0) is 19.3. The van der Waals surface area contributed by atoms with E-state index in [1.165, 1.54) is 4.90 Å². The Hall–Kier alpha value is -2.60. The van der Waals surface area contributed by atoms with Gasteiger partial charge in [0.1, 0.15) is 11.9 Å². The molecule has 1 heterocycles. The maximum Gasteiger partial charge on any atom is 0.233 e. The first-order valence-corrected chi connectivity index (χ1v) is 8.17. The van der Waals surface area contributed by atoms with Crippen LogP contribution >= 0.6 is 0 Å². The monoisotopic (exact) mass is 368 g/mol. The molecule has 1 aromatic carbocycles. The molecule has 1 fully saturated rings. The molecule has 2 atom stereocenters. The predicted octanol–water partition coefficient (Wildman–Crippen LogP) is 0.995. The Morgan fingerprint density at radius 3 is 2.65 bits per heavy atom. The van der Waals surface area contributed by atoms with Gasteiger partial charge in [-0.05, 0) is 30.9 Å². The minimum absolute atomic E-state index is 0.169. The van der Waals surface area contributed by atoms with Gasteiger partial charge in [-0.25, -0.2) is 13.2 Å². The molecule has 6 nitrogen and oxygen atoms in total. The first-order chi connectivity index (χ1) is 12.3. The highest BCUT2D eigenvalue weighted by atomic mass is 19.2. The summed E-state index contributed by atoms with van der Waals surface area (Å²) in [6, 6.07) is 1.76. The molecule has 0 aliphatic carbocycles. The molecule has 2 rings (SSSR count). The van der Waals surface area contributed by atoms with Crippen LogP contribution in [0.2, 0.25) is 0 Å². The van der Waals surface area contributed by atoms with E-state index in [0.29, 0.717) is 31.5 Å². The third kappa shape index (κ3) is 4.73. The van der Waals surface area contributed by atoms with E-state index in [1.807, 2.05) is 6.07 Å². The van der Waals surface area contributed by atoms with E-state index < -0.39 is 35.4 Å². The number of hydrogen-bond donors (Lipinski definition) is 2. The minimum atomic E-state index is -1.32. The zero-order valence-corrected chi connectivity index (χ0v) is 14.0. The number of rotatable bonds is 6. The SMILES string of the molecule is N#CC1CCCN1C(=O)C[C@@H](Cc1cc(F)c(F)cc1F)NC(=O)CN. The largest absolute Gasteiger partial charge is 0.351 e. The van der Waals surface area contributed by atoms with Crippen molar-refractivity contribution < 1.29 is 22.8 Å². The van der Waals surface area contributed by atoms with Crippen molar-refractivity contribution in [3.05, 3.63) is 35.1 Å². The molecule has 9 heteroatoms. The molecule has 1 aromatic rings. The van der Waals surface area contributed by atoms with Gasteiger partial charge in [-0.15, -0.1) is 0 Å². The number of amides is 2. The molecule has 0 saturated carbocycles. The minimum Gasteiger partial charge on any atom is -0.351 e. The van der Waals surface area contributed by atoms with E-state index in [1.54, 1.807) is 0 Å². The molecule has 1 saturated heterocycles. The van der Waals surface area contributed by atoms with Gasteiger partial charge in [0.05, 0.1) is 12.6 Å². The van der Waals surface area contributed by atoms with Crippen molar-refractivity contribution in [3.8, 4) is 6.07 Å². The lowest BCUT2D eigenvalue weighted by atomic mass is 10.0. The van der Waals surface area contributed by atoms with Gasteiger partial charge in [-0.2, -0.15) is 5.26 Å². The molecule has 140 valence electrons. The first-order valence-electron chi connectivity index (χ1n) is 8.17. The lowest BCUT2D eigenvalue weighted by molar-refractivity contribution is -0.132. The fraction of sp³-hybridized carbons (Fsp3) is 0.471. The van der Waals surface area contributed by atoms with Crippen LogP contribution in [0.25, 0.3) is 0 Å². The average molecular weight is 368 g/mol. The second-order valence-electron chi connectivity index (χ2n) is 6.11. The molecule has 3 N–H and O–H groups in total. The van der Waals surface area contributed by atoms with Crippen molar-refractivity contribution in [2.24, 2.45) is 5.73 Å². The van der Waals surface area contributed by atoms with Gasteiger partial charge < -0.3 is 16.0 Å². The van der Waals surface area contributed by atoms with Crippen molar-refractivity contribution in [3.63, 3.8) is 0 Å². The van der Waals surface area contributed by atoms with Crippen LogP contribution in [0.15, 0.2) is 12.1 Å². The summed E-state index contributed by atoms with van der Waals surface area (Å²) < 4.78 is 40.3. The summed E-state index contributed by atoms with van der Waals surface area (Å²) in [5.74, 6) is -4.46. The molecule has 1 unspecified atom stereocenters. The van der Waals surface area contributed by atoms with Crippen LogP contribution in [-0.4, -0.2) is 41.9 Å². The number of benzene rings is 1. The van der Waals surface area contributed by atoms with Gasteiger partial charge in [0.2, 0.25) is 11.8 Å². The standard InChI is InChI=1S/C17H19F3N4O2/c18-13-7-15(20)14(19)5-10(13)4-11(23-16(25)9-22)6-17(26)24-3-1-2-12(24)8-21/h5,7,11-12H,1-4,6,9,22H2,(H,23,25)/t11-,12?/m1/s1. The van der Waals surface area contributed by atoms with Crippen LogP contribution in [0.4, 0.5) is 13.2 Å². The molecule has 0 spiro atoms. The maximum absolute atomic E-state index is 13.9. The molecular weight excluding hydrogens is 349 g/mol. The Balaban J connectivity index is 2.16. The Morgan fingerprint density at radius 1 is 1.31 bits per heavy atom. The van der Waals surface area contributed by atoms with E-state index in [-0.39, 0.29) is 30.9 Å². The fourth-order valence-electron chi connectivity index (χ4n) is 2.97. The van der Waals surface area contributed by atoms with Crippen LogP contribution in [0.5, 0.6) is 0 Å². The topological polar surface area (TPSA) is 99.2 Å². The van der Waals surface area contributed by atoms with Gasteiger partial charge in [0.15, 0.2) is 11.6 Å². The Kier molecular flexibility index (Phi) is 6.58. The lowest BCUT2D eigenvalue weighted by Gasteiger charge is -2.24. The number of carbonyl (C=O) groups is 2. The number of hydrogen-bond acceptors (Lipinski definition) is 4. The maximum atomic E-state index is 13.9. The van der Waals surface area contributed by atoms with Gasteiger partial charge in [0.25, 0.3) is 0 Å². The van der Waals surface area contributed by atoms with Crippen molar-refractivity contribution in [2.75, 3.05) is 13.1 Å². The molecule has 26 heavy (non-hydrogen) atoms. The number of nitriles is 1. The Labute approximate surface area is 148 Å². The highest BCUT2D eigenvalue weighted by Gasteiger charge is 2.30. The second-order valence-corrected chi connectivity index (χ2v) is 6.11. The predicted molar refractivity (Wildman–Crippen MR) is 86.0 cm³/mol. The third-order valence-corrected chi connectivity index (χ3v) is 4.25. The van der Waals surface area contributed by atoms with Crippen LogP contribution in [0.3, 0.4) is 0 Å². The van der Waals surface area contributed by atoms with E-state index in [0.717, 1.165) is 0 Å². The molecule has 1 aliphatic rings. The van der Waals surface area contributed by atoms with Gasteiger partial charge in [-0.3, -0.25) is 9.59 Å². The van der Waals surface area contributed by atoms with E-state index in [2.05, 4.69) is 5.32 Å². The van der Waals surface area contributed by atoms with Crippen molar-refractivity contribution >= 4 is 11.8 Å². The smallest absolute Gasteiger partial charge is 0.233 e. The molecule has 0 aromatic heterocycles. The molecular formula is C17H19F3N4O2. The van der Waals surface area contributed by atoms with Crippen LogP contribution in [0.1, 0.15) is 24.8 Å². The van der Waals surface area contributed by atoms with Gasteiger partial charge in [0, 0.05) is 25.1 Å². The molecule has 0 bridgehead atoms. The van der Waals surface area contributed by atoms with Crippen molar-refractivity contribution in [1.82, 2.24) is 10.2 Å². The summed E-state index contributed by atoms with van der Waals surface area (Å²) in [6.07, 6.45) is 0.843. The van der Waals surface area contributed by atoms with Crippen molar-refractivity contribution in [1.29, 1.82) is 5.26 Å². The molecule has 0 radical (unpaired) electrons. The van der Waals surface area contributed by atoms with E-state index in [9.17, 15) is 22.8 Å². The number of nitrogens with two attached hydrogens (primary N) is 1. The normalized spacial score (nSPS) is 17.7. The third-order valence-electron chi connectivity index (χ3n) is 4.25. The van der Waals surface area contributed by atoms with Crippen LogP contribution in [-0.2, 0) is 16.0 Å². The Morgan fingerprint density at radius 2 is 2.00 bits per heavy atom. The lowest BCUT2D eigenvalue weighted by Crippen LogP contribution is -2.44. The summed E-state index contributed by atoms with van der Waals surface area (Å²) in [7, 11) is 0. The Bertz CT molecular complexity index is 735. The molecule has 2 amide bonds. The summed E-state index contributed by atoms with van der Waals surface area (Å²) >= 11 is 0. The van der Waals surface area contributed by atoms with E-state index in [4.69, 9.17) is 11.0 Å². The summed E-state index contributed by atoms with van der Waals surface area (Å²) in [6.45, 7) is 0.0869. The fourth-order valence-corrected chi connectivity index (χ4v) is 2.97. The molecule has 1 aliphatic heterocycles. The van der Waals surface area contributed by atoms with Gasteiger partial charge >= 0.3 is 0 Å². The van der Waals surface area contributed by atoms with Gasteiger partial charge in [-0.1, -0.05) is 0 Å². The second kappa shape index (κ2) is 8.67. The summed E-state index contributed by atoms with van der Waals surface area (Å²) in [5.41, 5.74) is 5.08.